The van der Waals surface area contributed by atoms with Crippen LogP contribution in [0, 0.1) is 5.92 Å². The second-order valence-corrected chi connectivity index (χ2v) is 4.75. The summed E-state index contributed by atoms with van der Waals surface area (Å²) < 4.78 is 4.42. The molecule has 110 valence electrons. The Morgan fingerprint density at radius 1 is 1.32 bits per heavy atom. The van der Waals surface area contributed by atoms with Crippen molar-refractivity contribution in [2.24, 2.45) is 11.7 Å². The molecule has 0 aliphatic heterocycles. The summed E-state index contributed by atoms with van der Waals surface area (Å²) in [5.41, 5.74) is 5.65. The van der Waals surface area contributed by atoms with Gasteiger partial charge in [0.15, 0.2) is 0 Å². The Morgan fingerprint density at radius 3 is 2.32 bits per heavy atom. The van der Waals surface area contributed by atoms with Crippen molar-refractivity contribution in [2.45, 2.75) is 45.2 Å². The first-order valence-corrected chi connectivity index (χ1v) is 6.13. The molecule has 0 aliphatic rings. The minimum absolute atomic E-state index is 0.0256. The molecule has 0 saturated heterocycles. The fraction of sp³-hybridized carbons (Fsp3) is 0.750. The van der Waals surface area contributed by atoms with Gasteiger partial charge in [-0.25, -0.2) is 4.79 Å². The van der Waals surface area contributed by atoms with E-state index in [1.165, 1.54) is 7.11 Å². The minimum Gasteiger partial charge on any atom is -0.480 e. The average molecular weight is 274 g/mol. The topological polar surface area (TPSA) is 119 Å². The largest absolute Gasteiger partial charge is 0.480 e. The molecule has 7 heteroatoms. The lowest BCUT2D eigenvalue weighted by atomic mass is 10.0. The number of esters is 1. The molecule has 0 aromatic carbocycles. The molecule has 0 radical (unpaired) electrons. The highest BCUT2D eigenvalue weighted by Gasteiger charge is 2.24. The van der Waals surface area contributed by atoms with Gasteiger partial charge in [0.1, 0.15) is 6.04 Å². The third-order valence-corrected chi connectivity index (χ3v) is 2.54. The van der Waals surface area contributed by atoms with Gasteiger partial charge >= 0.3 is 11.9 Å². The Bertz CT molecular complexity index is 330. The number of methoxy groups -OCH3 is 1. The number of ether oxygens (including phenoxy) is 1. The SMILES string of the molecule is COC(=O)CCC(NC(=O)C(N)CC(C)C)C(=O)O. The fourth-order valence-corrected chi connectivity index (χ4v) is 1.52. The molecule has 0 heterocycles. The molecule has 0 fully saturated rings. The highest BCUT2D eigenvalue weighted by atomic mass is 16.5. The maximum absolute atomic E-state index is 11.7. The lowest BCUT2D eigenvalue weighted by Crippen LogP contribution is -2.48. The lowest BCUT2D eigenvalue weighted by molar-refractivity contribution is -0.144. The Kier molecular flexibility index (Phi) is 7.74. The molecule has 2 atom stereocenters. The van der Waals surface area contributed by atoms with E-state index >= 15 is 0 Å². The molecule has 0 rings (SSSR count). The normalized spacial score (nSPS) is 13.7. The van der Waals surface area contributed by atoms with Gasteiger partial charge < -0.3 is 20.9 Å². The van der Waals surface area contributed by atoms with Crippen LogP contribution in [0.5, 0.6) is 0 Å². The number of carboxylic acid groups (broad SMARTS) is 1. The molecule has 7 nitrogen and oxygen atoms in total. The van der Waals surface area contributed by atoms with Crippen molar-refractivity contribution >= 4 is 17.8 Å². The minimum atomic E-state index is -1.20. The van der Waals surface area contributed by atoms with Crippen LogP contribution in [0.2, 0.25) is 0 Å². The summed E-state index contributed by atoms with van der Waals surface area (Å²) in [4.78, 5) is 33.6. The lowest BCUT2D eigenvalue weighted by Gasteiger charge is -2.18. The van der Waals surface area contributed by atoms with Gasteiger partial charge in [0.25, 0.3) is 0 Å². The van der Waals surface area contributed by atoms with Crippen molar-refractivity contribution in [3.05, 3.63) is 0 Å². The summed E-state index contributed by atoms with van der Waals surface area (Å²) in [7, 11) is 1.22. The molecule has 0 bridgehead atoms. The van der Waals surface area contributed by atoms with E-state index in [9.17, 15) is 14.4 Å². The van der Waals surface area contributed by atoms with E-state index in [4.69, 9.17) is 10.8 Å². The van der Waals surface area contributed by atoms with Crippen LogP contribution in [0.1, 0.15) is 33.1 Å². The average Bonchev–Trinajstić information content (AvgIpc) is 2.32. The molecular weight excluding hydrogens is 252 g/mol. The number of nitrogens with one attached hydrogen (secondary N) is 1. The zero-order chi connectivity index (χ0) is 15.0. The third-order valence-electron chi connectivity index (χ3n) is 2.54. The standard InChI is InChI=1S/C12H22N2O5/c1-7(2)6-8(13)11(16)14-9(12(17)18)4-5-10(15)19-3/h7-9H,4-6,13H2,1-3H3,(H,14,16)(H,17,18). The summed E-state index contributed by atoms with van der Waals surface area (Å²) in [5, 5.41) is 11.3. The van der Waals surface area contributed by atoms with Crippen LogP contribution in [-0.2, 0) is 19.1 Å². The van der Waals surface area contributed by atoms with E-state index in [2.05, 4.69) is 10.1 Å². The van der Waals surface area contributed by atoms with Crippen molar-refractivity contribution in [1.29, 1.82) is 0 Å². The highest BCUT2D eigenvalue weighted by Crippen LogP contribution is 2.05. The number of hydrogen-bond donors (Lipinski definition) is 3. The van der Waals surface area contributed by atoms with Gasteiger partial charge in [-0.15, -0.1) is 0 Å². The van der Waals surface area contributed by atoms with E-state index in [-0.39, 0.29) is 18.8 Å². The predicted molar refractivity (Wildman–Crippen MR) is 68.2 cm³/mol. The molecule has 1 amide bonds. The fourth-order valence-electron chi connectivity index (χ4n) is 1.52. The molecule has 0 aliphatic carbocycles. The number of carbonyl (C=O) groups is 3. The maximum Gasteiger partial charge on any atom is 0.326 e. The van der Waals surface area contributed by atoms with E-state index in [1.807, 2.05) is 13.8 Å². The highest BCUT2D eigenvalue weighted by molar-refractivity contribution is 5.87. The van der Waals surface area contributed by atoms with E-state index < -0.39 is 29.9 Å². The van der Waals surface area contributed by atoms with Crippen LogP contribution < -0.4 is 11.1 Å². The zero-order valence-corrected chi connectivity index (χ0v) is 11.5. The smallest absolute Gasteiger partial charge is 0.326 e. The molecule has 0 aromatic rings. The number of carbonyl (C=O) groups excluding carboxylic acids is 2. The monoisotopic (exact) mass is 274 g/mol. The van der Waals surface area contributed by atoms with Gasteiger partial charge in [0, 0.05) is 6.42 Å². The van der Waals surface area contributed by atoms with Crippen molar-refractivity contribution in [2.75, 3.05) is 7.11 Å². The van der Waals surface area contributed by atoms with Gasteiger partial charge in [0.2, 0.25) is 5.91 Å². The van der Waals surface area contributed by atoms with Gasteiger partial charge in [-0.3, -0.25) is 9.59 Å². The Morgan fingerprint density at radius 2 is 1.89 bits per heavy atom. The molecule has 4 N–H and O–H groups in total. The second-order valence-electron chi connectivity index (χ2n) is 4.75. The Hall–Kier alpha value is -1.63. The van der Waals surface area contributed by atoms with Crippen LogP contribution >= 0.6 is 0 Å². The van der Waals surface area contributed by atoms with Crippen molar-refractivity contribution in [3.8, 4) is 0 Å². The van der Waals surface area contributed by atoms with Gasteiger partial charge in [-0.2, -0.15) is 0 Å². The Labute approximate surface area is 112 Å². The number of aliphatic carboxylic acids is 1. The van der Waals surface area contributed by atoms with Gasteiger partial charge in [0.05, 0.1) is 13.2 Å². The number of rotatable bonds is 8. The van der Waals surface area contributed by atoms with Crippen LogP contribution in [0.3, 0.4) is 0 Å². The second kappa shape index (κ2) is 8.47. The first-order chi connectivity index (χ1) is 8.77. The molecule has 0 spiro atoms. The first-order valence-electron chi connectivity index (χ1n) is 6.13. The van der Waals surface area contributed by atoms with Crippen LogP contribution in [-0.4, -0.2) is 42.1 Å². The summed E-state index contributed by atoms with van der Waals surface area (Å²) in [6.45, 7) is 3.83. The van der Waals surface area contributed by atoms with Crippen molar-refractivity contribution in [3.63, 3.8) is 0 Å². The quantitative estimate of drug-likeness (QED) is 0.531. The summed E-state index contributed by atoms with van der Waals surface area (Å²) in [6.07, 6.45) is 0.366. The van der Waals surface area contributed by atoms with E-state index in [0.717, 1.165) is 0 Å². The van der Waals surface area contributed by atoms with Gasteiger partial charge in [-0.1, -0.05) is 13.8 Å². The van der Waals surface area contributed by atoms with E-state index in [0.29, 0.717) is 6.42 Å². The number of carboxylic acids is 1. The molecule has 2 unspecified atom stereocenters. The third kappa shape index (κ3) is 7.40. The summed E-state index contributed by atoms with van der Waals surface area (Å²) in [6, 6.07) is -1.88. The molecule has 0 aromatic heterocycles. The molecular formula is C12H22N2O5. The summed E-state index contributed by atoms with van der Waals surface area (Å²) >= 11 is 0. The van der Waals surface area contributed by atoms with Crippen LogP contribution in [0.25, 0.3) is 0 Å². The van der Waals surface area contributed by atoms with Crippen LogP contribution in [0.4, 0.5) is 0 Å². The number of nitrogens with two attached hydrogens (primary N) is 1. The zero-order valence-electron chi connectivity index (χ0n) is 11.5. The van der Waals surface area contributed by atoms with Crippen molar-refractivity contribution in [1.82, 2.24) is 5.32 Å². The predicted octanol–water partition coefficient (Wildman–Crippen LogP) is -0.118. The van der Waals surface area contributed by atoms with E-state index in [1.54, 1.807) is 0 Å². The molecule has 0 saturated carbocycles. The Balaban J connectivity index is 4.37. The summed E-state index contributed by atoms with van der Waals surface area (Å²) in [5.74, 6) is -2.01. The number of hydrogen-bond acceptors (Lipinski definition) is 5. The maximum atomic E-state index is 11.7. The van der Waals surface area contributed by atoms with Crippen molar-refractivity contribution < 1.29 is 24.2 Å². The molecule has 19 heavy (non-hydrogen) atoms. The first kappa shape index (κ1) is 17.4. The van der Waals surface area contributed by atoms with Crippen LogP contribution in [0.15, 0.2) is 0 Å². The number of amides is 1. The van der Waals surface area contributed by atoms with Gasteiger partial charge in [-0.05, 0) is 18.8 Å².